The van der Waals surface area contributed by atoms with E-state index in [4.69, 9.17) is 5.73 Å². The molecule has 1 aliphatic heterocycles. The number of imidazole rings is 1. The predicted molar refractivity (Wildman–Crippen MR) is 133 cm³/mol. The Kier molecular flexibility index (Phi) is 6.51. The lowest BCUT2D eigenvalue weighted by molar-refractivity contribution is -0.170. The summed E-state index contributed by atoms with van der Waals surface area (Å²) in [7, 11) is 0. The van der Waals surface area contributed by atoms with Crippen LogP contribution in [-0.4, -0.2) is 45.2 Å². The van der Waals surface area contributed by atoms with Crippen LogP contribution in [0.15, 0.2) is 18.2 Å². The van der Waals surface area contributed by atoms with Gasteiger partial charge in [-0.2, -0.15) is 0 Å². The molecule has 1 spiro atoms. The van der Waals surface area contributed by atoms with Crippen LogP contribution in [0.25, 0.3) is 11.0 Å². The van der Waals surface area contributed by atoms with Gasteiger partial charge in [0.1, 0.15) is 11.3 Å². The lowest BCUT2D eigenvalue weighted by atomic mass is 9.42. The van der Waals surface area contributed by atoms with Crippen LogP contribution in [0.3, 0.4) is 0 Å². The minimum Gasteiger partial charge on any atom is -0.369 e. The molecule has 4 N–H and O–H groups in total. The molecule has 1 saturated heterocycles. The number of carbonyl (C=O) groups is 3. The lowest BCUT2D eigenvalue weighted by Crippen LogP contribution is -2.61. The highest BCUT2D eigenvalue weighted by molar-refractivity contribution is 5.88. The van der Waals surface area contributed by atoms with Crippen molar-refractivity contribution in [3.63, 3.8) is 0 Å². The minimum atomic E-state index is -0.651. The number of aromatic amines is 1. The van der Waals surface area contributed by atoms with Crippen molar-refractivity contribution in [1.82, 2.24) is 20.2 Å². The molecule has 1 aromatic carbocycles. The molecule has 2 aromatic rings. The number of nitrogens with zero attached hydrogens (tertiary/aromatic N) is 2. The highest BCUT2D eigenvalue weighted by Gasteiger charge is 2.62. The Morgan fingerprint density at radius 1 is 1.28 bits per heavy atom. The summed E-state index contributed by atoms with van der Waals surface area (Å²) in [5.74, 6) is -1.99. The Bertz CT molecular complexity index is 1180. The third kappa shape index (κ3) is 4.26. The largest absolute Gasteiger partial charge is 0.369 e. The van der Waals surface area contributed by atoms with E-state index in [2.05, 4.69) is 22.2 Å². The third-order valence-corrected chi connectivity index (χ3v) is 9.02. The Balaban J connectivity index is 1.39. The average Bonchev–Trinajstić information content (AvgIpc) is 3.23. The highest BCUT2D eigenvalue weighted by atomic mass is 19.1. The van der Waals surface area contributed by atoms with E-state index in [0.717, 1.165) is 38.5 Å². The number of carbonyl (C=O) groups excluding carboxylic acids is 3. The maximum absolute atomic E-state index is 14.2. The number of H-pyrrole nitrogens is 1. The number of likely N-dealkylation sites (tertiary alicyclic amines) is 1. The number of para-hydroxylation sites is 1. The number of rotatable bonds is 7. The zero-order valence-electron chi connectivity index (χ0n) is 21.1. The first-order valence-electron chi connectivity index (χ1n) is 13.2. The Hall–Kier alpha value is -2.97. The van der Waals surface area contributed by atoms with Gasteiger partial charge in [-0.15, -0.1) is 0 Å². The lowest BCUT2D eigenvalue weighted by Gasteiger charge is -2.62. The summed E-state index contributed by atoms with van der Waals surface area (Å²) in [5, 5.41) is 3.01. The summed E-state index contributed by atoms with van der Waals surface area (Å²) in [6, 6.07) is 4.30. The second-order valence-corrected chi connectivity index (χ2v) is 11.2. The molecule has 8 nitrogen and oxygen atoms in total. The van der Waals surface area contributed by atoms with E-state index in [1.807, 2.05) is 4.90 Å². The monoisotopic (exact) mass is 497 g/mol. The molecule has 3 aliphatic rings. The number of fused-ring (bicyclic) bond motifs is 1. The van der Waals surface area contributed by atoms with Crippen molar-refractivity contribution in [1.29, 1.82) is 0 Å². The summed E-state index contributed by atoms with van der Waals surface area (Å²) in [6.45, 7) is 4.53. The van der Waals surface area contributed by atoms with Crippen LogP contribution in [0.5, 0.6) is 0 Å². The van der Waals surface area contributed by atoms with Gasteiger partial charge in [0, 0.05) is 24.9 Å². The van der Waals surface area contributed by atoms with Gasteiger partial charge in [0.15, 0.2) is 5.82 Å². The van der Waals surface area contributed by atoms with Gasteiger partial charge in [0.05, 0.1) is 17.5 Å². The number of halogens is 1. The van der Waals surface area contributed by atoms with E-state index < -0.39 is 29.6 Å². The van der Waals surface area contributed by atoms with Gasteiger partial charge < -0.3 is 20.9 Å². The fourth-order valence-electron chi connectivity index (χ4n) is 6.89. The van der Waals surface area contributed by atoms with Crippen molar-refractivity contribution in [2.75, 3.05) is 6.54 Å². The van der Waals surface area contributed by atoms with Gasteiger partial charge in [-0.05, 0) is 75.8 Å². The van der Waals surface area contributed by atoms with Crippen LogP contribution < -0.4 is 11.1 Å². The molecule has 0 radical (unpaired) electrons. The van der Waals surface area contributed by atoms with Gasteiger partial charge in [-0.25, -0.2) is 9.37 Å². The van der Waals surface area contributed by atoms with Crippen molar-refractivity contribution in [2.45, 2.75) is 77.3 Å². The molecule has 2 aliphatic carbocycles. The first-order chi connectivity index (χ1) is 17.2. The zero-order chi connectivity index (χ0) is 25.6. The highest BCUT2D eigenvalue weighted by Crippen LogP contribution is 2.65. The van der Waals surface area contributed by atoms with E-state index in [0.29, 0.717) is 24.3 Å². The SMILES string of the molecule is C[C@H](NC(=O)[C@@H](CC(=O)N1CCCC[C@@H]1C)C1C(C(N)=O)CC12CCC2)c1nc2c(F)cccc2[nH]1. The summed E-state index contributed by atoms with van der Waals surface area (Å²) < 4.78 is 14.2. The minimum absolute atomic E-state index is 0.0367. The summed E-state index contributed by atoms with van der Waals surface area (Å²) >= 11 is 0. The maximum Gasteiger partial charge on any atom is 0.224 e. The quantitative estimate of drug-likeness (QED) is 0.541. The zero-order valence-corrected chi connectivity index (χ0v) is 21.1. The molecule has 1 aromatic heterocycles. The third-order valence-electron chi connectivity index (χ3n) is 9.02. The van der Waals surface area contributed by atoms with Gasteiger partial charge in [0.2, 0.25) is 17.7 Å². The van der Waals surface area contributed by atoms with E-state index in [1.165, 1.54) is 6.07 Å². The standard InChI is InChI=1S/C27H36FN5O3/c1-15-7-3-4-12-33(15)21(34)13-17(22-18(24(29)35)14-27(22)10-6-11-27)26(36)30-16(2)25-31-20-9-5-8-19(28)23(20)32-25/h5,8-9,15-18,22H,3-4,6-7,10-14H2,1-2H3,(H2,29,35)(H,30,36)(H,31,32)/t15-,16-,17-,18?,22?/m0/s1. The maximum atomic E-state index is 14.2. The molecule has 5 atom stereocenters. The van der Waals surface area contributed by atoms with Crippen molar-refractivity contribution in [3.8, 4) is 0 Å². The van der Waals surface area contributed by atoms with Crippen LogP contribution in [0.1, 0.15) is 77.1 Å². The molecule has 2 unspecified atom stereocenters. The van der Waals surface area contributed by atoms with E-state index in [-0.39, 0.29) is 41.1 Å². The topological polar surface area (TPSA) is 121 Å². The molecule has 2 saturated carbocycles. The van der Waals surface area contributed by atoms with Crippen LogP contribution in [0.2, 0.25) is 0 Å². The van der Waals surface area contributed by atoms with Gasteiger partial charge in [-0.3, -0.25) is 14.4 Å². The number of piperidine rings is 1. The average molecular weight is 498 g/mol. The smallest absolute Gasteiger partial charge is 0.224 e. The number of aromatic nitrogens is 2. The fourth-order valence-corrected chi connectivity index (χ4v) is 6.89. The molecule has 5 rings (SSSR count). The Morgan fingerprint density at radius 2 is 2.06 bits per heavy atom. The second-order valence-electron chi connectivity index (χ2n) is 11.2. The number of nitrogens with two attached hydrogens (primary N) is 1. The van der Waals surface area contributed by atoms with Gasteiger partial charge >= 0.3 is 0 Å². The summed E-state index contributed by atoms with van der Waals surface area (Å²) in [6.07, 6.45) is 6.75. The number of nitrogens with one attached hydrogen (secondary N) is 2. The number of hydrogen-bond acceptors (Lipinski definition) is 4. The van der Waals surface area contributed by atoms with Crippen LogP contribution >= 0.6 is 0 Å². The number of primary amides is 1. The second kappa shape index (κ2) is 9.48. The molecule has 3 fully saturated rings. The number of hydrogen-bond donors (Lipinski definition) is 3. The normalized spacial score (nSPS) is 26.6. The molecule has 9 heteroatoms. The predicted octanol–water partition coefficient (Wildman–Crippen LogP) is 3.58. The van der Waals surface area contributed by atoms with Gasteiger partial charge in [0.25, 0.3) is 0 Å². The van der Waals surface area contributed by atoms with Crippen LogP contribution in [0, 0.1) is 29.0 Å². The fraction of sp³-hybridized carbons (Fsp3) is 0.630. The molecular weight excluding hydrogens is 461 g/mol. The molecule has 2 heterocycles. The number of benzene rings is 1. The molecular formula is C27H36FN5O3. The van der Waals surface area contributed by atoms with Gasteiger partial charge in [-0.1, -0.05) is 12.5 Å². The Morgan fingerprint density at radius 3 is 2.69 bits per heavy atom. The first kappa shape index (κ1) is 24.7. The van der Waals surface area contributed by atoms with Crippen LogP contribution in [0.4, 0.5) is 4.39 Å². The van der Waals surface area contributed by atoms with Crippen molar-refractivity contribution in [3.05, 3.63) is 29.8 Å². The molecule has 36 heavy (non-hydrogen) atoms. The van der Waals surface area contributed by atoms with Crippen molar-refractivity contribution in [2.24, 2.45) is 28.9 Å². The van der Waals surface area contributed by atoms with E-state index in [1.54, 1.807) is 19.1 Å². The van der Waals surface area contributed by atoms with Crippen LogP contribution in [-0.2, 0) is 14.4 Å². The van der Waals surface area contributed by atoms with Crippen molar-refractivity contribution >= 4 is 28.8 Å². The van der Waals surface area contributed by atoms with E-state index >= 15 is 0 Å². The number of amides is 3. The Labute approximate surface area is 210 Å². The van der Waals surface area contributed by atoms with Crippen molar-refractivity contribution < 1.29 is 18.8 Å². The molecule has 0 bridgehead atoms. The molecule has 3 amide bonds. The first-order valence-corrected chi connectivity index (χ1v) is 13.2. The summed E-state index contributed by atoms with van der Waals surface area (Å²) in [5.41, 5.74) is 6.45. The summed E-state index contributed by atoms with van der Waals surface area (Å²) in [4.78, 5) is 48.9. The molecule has 194 valence electrons. The van der Waals surface area contributed by atoms with E-state index in [9.17, 15) is 18.8 Å².